The van der Waals surface area contributed by atoms with Crippen LogP contribution in [0.5, 0.6) is 0 Å². The Balaban J connectivity index is 3.68. The molecule has 0 aliphatic rings. The third-order valence-electron chi connectivity index (χ3n) is 1.84. The van der Waals surface area contributed by atoms with Gasteiger partial charge in [-0.1, -0.05) is 13.8 Å². The summed E-state index contributed by atoms with van der Waals surface area (Å²) >= 11 is 0. The average molecular weight is 172 g/mol. The highest BCUT2D eigenvalue weighted by molar-refractivity contribution is 5.68. The lowest BCUT2D eigenvalue weighted by atomic mass is 9.98. The minimum Gasteiger partial charge on any atom is -0.550 e. The zero-order chi connectivity index (χ0) is 9.72. The van der Waals surface area contributed by atoms with Crippen LogP contribution >= 0.6 is 0 Å². The van der Waals surface area contributed by atoms with Crippen LogP contribution in [0.4, 0.5) is 0 Å². The molecule has 0 aromatic heterocycles. The lowest BCUT2D eigenvalue weighted by molar-refractivity contribution is -0.314. The summed E-state index contributed by atoms with van der Waals surface area (Å²) in [4.78, 5) is 20.4. The molecule has 0 spiro atoms. The minimum atomic E-state index is -1.14. The Kier molecular flexibility index (Phi) is 4.33. The molecule has 4 heteroatoms. The zero-order valence-corrected chi connectivity index (χ0v) is 7.20. The zero-order valence-electron chi connectivity index (χ0n) is 7.20. The monoisotopic (exact) mass is 172 g/mol. The molecule has 0 heterocycles. The number of rotatable bonds is 5. The Morgan fingerprint density at radius 1 is 1.00 bits per heavy atom. The molecule has 0 saturated heterocycles. The maximum absolute atomic E-state index is 10.2. The van der Waals surface area contributed by atoms with Crippen LogP contribution < -0.4 is 10.2 Å². The highest BCUT2D eigenvalue weighted by atomic mass is 16.4. The van der Waals surface area contributed by atoms with Gasteiger partial charge in [0.15, 0.2) is 0 Å². The first-order valence-corrected chi connectivity index (χ1v) is 3.87. The molecule has 0 aliphatic carbocycles. The summed E-state index contributed by atoms with van der Waals surface area (Å²) < 4.78 is 0. The predicted molar refractivity (Wildman–Crippen MR) is 37.6 cm³/mol. The van der Waals surface area contributed by atoms with Crippen molar-refractivity contribution in [2.75, 3.05) is 0 Å². The van der Waals surface area contributed by atoms with Crippen LogP contribution in [0.3, 0.4) is 0 Å². The van der Waals surface area contributed by atoms with E-state index in [0.717, 1.165) is 0 Å². The molecule has 0 aromatic carbocycles. The quantitative estimate of drug-likeness (QED) is 0.507. The topological polar surface area (TPSA) is 80.3 Å². The standard InChI is InChI=1S/C8H14O4/c1-5(7(9)10)3-4-6(2)8(11)12/h5-6H,3-4H2,1-2H3,(H,9,10)(H,11,12)/p-2/t5-,6-/m1/s1. The van der Waals surface area contributed by atoms with Crippen LogP contribution in [0.25, 0.3) is 0 Å². The Morgan fingerprint density at radius 3 is 1.42 bits per heavy atom. The van der Waals surface area contributed by atoms with E-state index in [1.54, 1.807) is 0 Å². The van der Waals surface area contributed by atoms with Crippen molar-refractivity contribution < 1.29 is 19.8 Å². The number of carbonyl (C=O) groups excluding carboxylic acids is 2. The Hall–Kier alpha value is -1.06. The molecule has 4 nitrogen and oxygen atoms in total. The van der Waals surface area contributed by atoms with E-state index in [1.807, 2.05) is 0 Å². The van der Waals surface area contributed by atoms with E-state index in [-0.39, 0.29) is 0 Å². The Morgan fingerprint density at radius 2 is 1.25 bits per heavy atom. The number of hydrogen-bond acceptors (Lipinski definition) is 4. The van der Waals surface area contributed by atoms with E-state index in [4.69, 9.17) is 0 Å². The molecule has 0 fully saturated rings. The summed E-state index contributed by atoms with van der Waals surface area (Å²) in [6.07, 6.45) is 0.634. The van der Waals surface area contributed by atoms with Crippen molar-refractivity contribution in [1.29, 1.82) is 0 Å². The molecule has 0 amide bonds. The fourth-order valence-corrected chi connectivity index (χ4v) is 0.736. The van der Waals surface area contributed by atoms with Crippen molar-refractivity contribution in [1.82, 2.24) is 0 Å². The van der Waals surface area contributed by atoms with E-state index in [9.17, 15) is 19.8 Å². The van der Waals surface area contributed by atoms with E-state index in [1.165, 1.54) is 13.8 Å². The lowest BCUT2D eigenvalue weighted by Gasteiger charge is -2.16. The van der Waals surface area contributed by atoms with Crippen LogP contribution in [-0.4, -0.2) is 11.9 Å². The van der Waals surface area contributed by atoms with Crippen LogP contribution in [0.15, 0.2) is 0 Å². The number of carbonyl (C=O) groups is 2. The second-order valence-corrected chi connectivity index (χ2v) is 3.02. The first-order valence-electron chi connectivity index (χ1n) is 3.87. The second kappa shape index (κ2) is 4.74. The van der Waals surface area contributed by atoms with Crippen LogP contribution in [0.2, 0.25) is 0 Å². The minimum absolute atomic E-state index is 0.317. The molecule has 0 saturated carbocycles. The fraction of sp³-hybridized carbons (Fsp3) is 0.750. The van der Waals surface area contributed by atoms with Crippen LogP contribution in [0.1, 0.15) is 26.7 Å². The second-order valence-electron chi connectivity index (χ2n) is 3.02. The Labute approximate surface area is 71.2 Å². The van der Waals surface area contributed by atoms with Gasteiger partial charge in [-0.25, -0.2) is 0 Å². The number of hydrogen-bond donors (Lipinski definition) is 0. The van der Waals surface area contributed by atoms with Crippen LogP contribution in [-0.2, 0) is 9.59 Å². The summed E-state index contributed by atoms with van der Waals surface area (Å²) in [6.45, 7) is 2.99. The fourth-order valence-electron chi connectivity index (χ4n) is 0.736. The van der Waals surface area contributed by atoms with E-state index in [0.29, 0.717) is 12.8 Å². The van der Waals surface area contributed by atoms with Gasteiger partial charge in [0.25, 0.3) is 0 Å². The molecule has 0 N–H and O–H groups in total. The van der Waals surface area contributed by atoms with Gasteiger partial charge in [-0.05, 0) is 24.7 Å². The maximum atomic E-state index is 10.2. The average Bonchev–Trinajstić information content (AvgIpc) is 1.98. The SMILES string of the molecule is C[C@H](CC[C@@H](C)C(=O)[O-])C(=O)[O-]. The van der Waals surface area contributed by atoms with E-state index < -0.39 is 23.8 Å². The maximum Gasteiger partial charge on any atom is 0.0442 e. The highest BCUT2D eigenvalue weighted by Crippen LogP contribution is 2.10. The molecule has 0 aliphatic heterocycles. The molecule has 0 aromatic rings. The van der Waals surface area contributed by atoms with Gasteiger partial charge in [-0.2, -0.15) is 0 Å². The molecule has 0 radical (unpaired) electrons. The van der Waals surface area contributed by atoms with Crippen molar-refractivity contribution in [3.63, 3.8) is 0 Å². The van der Waals surface area contributed by atoms with Gasteiger partial charge in [0.05, 0.1) is 0 Å². The number of carboxylic acid groups (broad SMARTS) is 2. The molecular weight excluding hydrogens is 160 g/mol. The van der Waals surface area contributed by atoms with Crippen molar-refractivity contribution in [2.45, 2.75) is 26.7 Å². The first-order chi connectivity index (χ1) is 5.45. The van der Waals surface area contributed by atoms with Crippen molar-refractivity contribution in [2.24, 2.45) is 11.8 Å². The largest absolute Gasteiger partial charge is 0.550 e. The first kappa shape index (κ1) is 10.9. The summed E-state index contributed by atoms with van der Waals surface area (Å²) in [6, 6.07) is 0. The van der Waals surface area contributed by atoms with Gasteiger partial charge in [-0.3, -0.25) is 0 Å². The number of carboxylic acids is 2. The lowest BCUT2D eigenvalue weighted by Crippen LogP contribution is -2.32. The van der Waals surface area contributed by atoms with E-state index in [2.05, 4.69) is 0 Å². The molecule has 0 rings (SSSR count). The summed E-state index contributed by atoms with van der Waals surface area (Å²) in [5, 5.41) is 20.4. The Bertz CT molecular complexity index is 156. The van der Waals surface area contributed by atoms with Gasteiger partial charge >= 0.3 is 0 Å². The molecule has 0 bridgehead atoms. The van der Waals surface area contributed by atoms with Crippen molar-refractivity contribution in [3.8, 4) is 0 Å². The van der Waals surface area contributed by atoms with Gasteiger partial charge in [0.2, 0.25) is 0 Å². The van der Waals surface area contributed by atoms with Crippen molar-refractivity contribution in [3.05, 3.63) is 0 Å². The molecule has 12 heavy (non-hydrogen) atoms. The summed E-state index contributed by atoms with van der Waals surface area (Å²) in [7, 11) is 0. The van der Waals surface area contributed by atoms with E-state index >= 15 is 0 Å². The van der Waals surface area contributed by atoms with Gasteiger partial charge in [-0.15, -0.1) is 0 Å². The number of aliphatic carboxylic acids is 2. The molecule has 0 unspecified atom stereocenters. The molecule has 70 valence electrons. The normalized spacial score (nSPS) is 15.2. The predicted octanol–water partition coefficient (Wildman–Crippen LogP) is -1.46. The molecule has 2 atom stereocenters. The van der Waals surface area contributed by atoms with Gasteiger partial charge in [0, 0.05) is 11.9 Å². The third kappa shape index (κ3) is 3.95. The summed E-state index contributed by atoms with van der Waals surface area (Å²) in [5.41, 5.74) is 0. The molecular formula is C8H12O4-2. The van der Waals surface area contributed by atoms with Gasteiger partial charge in [0.1, 0.15) is 0 Å². The highest BCUT2D eigenvalue weighted by Gasteiger charge is 2.07. The smallest absolute Gasteiger partial charge is 0.0442 e. The van der Waals surface area contributed by atoms with Gasteiger partial charge < -0.3 is 19.8 Å². The van der Waals surface area contributed by atoms with Crippen molar-refractivity contribution >= 4 is 11.9 Å². The van der Waals surface area contributed by atoms with Crippen LogP contribution in [0, 0.1) is 11.8 Å². The third-order valence-corrected chi connectivity index (χ3v) is 1.84. The summed E-state index contributed by atoms with van der Waals surface area (Å²) in [5.74, 6) is -3.46.